The number of ether oxygens (including phenoxy) is 1. The average Bonchev–Trinajstić information content (AvgIpc) is 2.62. The summed E-state index contributed by atoms with van der Waals surface area (Å²) in [6, 6.07) is 0. The van der Waals surface area contributed by atoms with E-state index in [1.165, 1.54) is 38.5 Å². The van der Waals surface area contributed by atoms with Crippen molar-refractivity contribution in [2.75, 3.05) is 13.2 Å². The lowest BCUT2D eigenvalue weighted by Gasteiger charge is -2.08. The van der Waals surface area contributed by atoms with Gasteiger partial charge in [-0.15, -0.1) is 0 Å². The van der Waals surface area contributed by atoms with Gasteiger partial charge in [-0.1, -0.05) is 63.3 Å². The molecule has 154 valence electrons. The smallest absolute Gasteiger partial charge is 0.305 e. The Balaban J connectivity index is 0. The monoisotopic (exact) mass is 371 g/mol. The van der Waals surface area contributed by atoms with Crippen LogP contribution < -0.4 is 6.15 Å². The van der Waals surface area contributed by atoms with E-state index in [1.807, 2.05) is 0 Å². The molecule has 0 spiro atoms. The van der Waals surface area contributed by atoms with Crippen LogP contribution >= 0.6 is 0 Å². The van der Waals surface area contributed by atoms with Crippen LogP contribution in [0.3, 0.4) is 0 Å². The van der Waals surface area contributed by atoms with Crippen LogP contribution in [-0.4, -0.2) is 35.5 Å². The van der Waals surface area contributed by atoms with Crippen LogP contribution in [0, 0.1) is 0 Å². The van der Waals surface area contributed by atoms with Gasteiger partial charge in [-0.3, -0.25) is 4.79 Å². The summed E-state index contributed by atoms with van der Waals surface area (Å²) in [6.45, 7) is 1.74. The van der Waals surface area contributed by atoms with E-state index in [2.05, 4.69) is 31.2 Å². The third-order valence-electron chi connectivity index (χ3n) is 3.98. The number of aliphatic hydroxyl groups excluding tert-OH is 2. The molecule has 0 aliphatic carbocycles. The second-order valence-corrected chi connectivity index (χ2v) is 6.50. The molecule has 0 aromatic heterocycles. The van der Waals surface area contributed by atoms with Gasteiger partial charge in [-0.25, -0.2) is 0 Å². The highest BCUT2D eigenvalue weighted by Gasteiger charge is 2.07. The van der Waals surface area contributed by atoms with E-state index in [-0.39, 0.29) is 25.3 Å². The maximum Gasteiger partial charge on any atom is 0.305 e. The molecule has 1 atom stereocenters. The van der Waals surface area contributed by atoms with E-state index in [1.54, 1.807) is 0 Å². The highest BCUT2D eigenvalue weighted by molar-refractivity contribution is 5.69. The lowest BCUT2D eigenvalue weighted by molar-refractivity contribution is -0.147. The van der Waals surface area contributed by atoms with Crippen LogP contribution in [0.5, 0.6) is 0 Å². The maximum atomic E-state index is 11.4. The van der Waals surface area contributed by atoms with E-state index in [4.69, 9.17) is 14.9 Å². The first-order valence-electron chi connectivity index (χ1n) is 9.95. The zero-order valence-corrected chi connectivity index (χ0v) is 16.7. The molecule has 26 heavy (non-hydrogen) atoms. The Morgan fingerprint density at radius 1 is 0.923 bits per heavy atom. The van der Waals surface area contributed by atoms with Gasteiger partial charge in [0.15, 0.2) is 0 Å². The minimum atomic E-state index is -0.964. The van der Waals surface area contributed by atoms with Crippen LogP contribution in [0.4, 0.5) is 0 Å². The summed E-state index contributed by atoms with van der Waals surface area (Å²) in [5, 5.41) is 17.7. The molecule has 0 aromatic carbocycles. The molecule has 0 aromatic rings. The molecular weight excluding hydrogens is 330 g/mol. The summed E-state index contributed by atoms with van der Waals surface area (Å²) >= 11 is 0. The van der Waals surface area contributed by atoms with Crippen molar-refractivity contribution in [3.8, 4) is 0 Å². The van der Waals surface area contributed by atoms with Crippen molar-refractivity contribution in [1.82, 2.24) is 6.15 Å². The van der Waals surface area contributed by atoms with Gasteiger partial charge in [-0.05, 0) is 38.5 Å². The van der Waals surface area contributed by atoms with Crippen molar-refractivity contribution in [1.29, 1.82) is 0 Å². The quantitative estimate of drug-likeness (QED) is 0.192. The molecule has 0 saturated carbocycles. The molecule has 5 nitrogen and oxygen atoms in total. The van der Waals surface area contributed by atoms with Crippen molar-refractivity contribution in [3.05, 3.63) is 24.3 Å². The highest BCUT2D eigenvalue weighted by atomic mass is 16.5. The Morgan fingerprint density at radius 3 is 2.12 bits per heavy atom. The van der Waals surface area contributed by atoms with Crippen LogP contribution in [0.1, 0.15) is 84.0 Å². The van der Waals surface area contributed by atoms with Gasteiger partial charge in [0.1, 0.15) is 12.7 Å². The number of carbonyl (C=O) groups excluding carboxylic acids is 1. The number of allylic oxidation sites excluding steroid dienone is 4. The van der Waals surface area contributed by atoms with Crippen molar-refractivity contribution in [2.45, 2.75) is 90.1 Å². The first kappa shape index (κ1) is 27.1. The molecular formula is C21H41NO4. The van der Waals surface area contributed by atoms with Crippen molar-refractivity contribution in [2.24, 2.45) is 0 Å². The standard InChI is InChI=1S/C21H38O4.H3N/c1-2-3-4-5-6-7-8-9-10-11-12-13-14-15-16-17-21(24)25-19-20(23)18-22;/h6-7,9-10,20,22-23H,2-5,8,11-19H2,1H3;1H3/b7-6-,10-9-;. The lowest BCUT2D eigenvalue weighted by Crippen LogP contribution is -2.21. The number of unbranched alkanes of at least 4 members (excludes halogenated alkanes) is 8. The third-order valence-corrected chi connectivity index (χ3v) is 3.98. The normalized spacial score (nSPS) is 12.4. The van der Waals surface area contributed by atoms with Gasteiger partial charge in [0.2, 0.25) is 0 Å². The predicted octanol–water partition coefficient (Wildman–Crippen LogP) is 4.86. The van der Waals surface area contributed by atoms with Gasteiger partial charge in [0, 0.05) is 6.42 Å². The molecule has 0 heterocycles. The fraction of sp³-hybridized carbons (Fsp3) is 0.762. The van der Waals surface area contributed by atoms with Crippen LogP contribution in [-0.2, 0) is 9.53 Å². The molecule has 0 amide bonds. The number of aliphatic hydroxyl groups is 2. The molecule has 0 rings (SSSR count). The summed E-state index contributed by atoms with van der Waals surface area (Å²) in [5.74, 6) is -0.293. The minimum Gasteiger partial charge on any atom is -0.463 e. The van der Waals surface area contributed by atoms with Crippen LogP contribution in [0.15, 0.2) is 24.3 Å². The number of hydrogen-bond donors (Lipinski definition) is 3. The van der Waals surface area contributed by atoms with Gasteiger partial charge < -0.3 is 21.1 Å². The van der Waals surface area contributed by atoms with Crippen molar-refractivity contribution >= 4 is 5.97 Å². The molecule has 1 unspecified atom stereocenters. The summed E-state index contributed by atoms with van der Waals surface area (Å²) < 4.78 is 4.85. The van der Waals surface area contributed by atoms with Crippen LogP contribution in [0.2, 0.25) is 0 Å². The molecule has 0 fully saturated rings. The number of carbonyl (C=O) groups is 1. The second kappa shape index (κ2) is 21.9. The molecule has 5 heteroatoms. The van der Waals surface area contributed by atoms with E-state index in [0.717, 1.165) is 32.1 Å². The fourth-order valence-corrected chi connectivity index (χ4v) is 2.39. The van der Waals surface area contributed by atoms with E-state index >= 15 is 0 Å². The first-order valence-corrected chi connectivity index (χ1v) is 9.95. The SMILES string of the molecule is CCCCC/C=C\C/C=C\CCCCCCCC(=O)OCC(O)CO.N. The van der Waals surface area contributed by atoms with Crippen molar-refractivity contribution in [3.63, 3.8) is 0 Å². The minimum absolute atomic E-state index is 0. The molecule has 0 saturated heterocycles. The molecule has 0 aliphatic heterocycles. The topological polar surface area (TPSA) is 102 Å². The number of rotatable bonds is 17. The van der Waals surface area contributed by atoms with Gasteiger partial charge in [0.25, 0.3) is 0 Å². The predicted molar refractivity (Wildman–Crippen MR) is 108 cm³/mol. The highest BCUT2D eigenvalue weighted by Crippen LogP contribution is 2.08. The van der Waals surface area contributed by atoms with E-state index in [0.29, 0.717) is 6.42 Å². The fourth-order valence-electron chi connectivity index (χ4n) is 2.39. The summed E-state index contributed by atoms with van der Waals surface area (Å²) in [7, 11) is 0. The summed E-state index contributed by atoms with van der Waals surface area (Å²) in [6.07, 6.45) is 21.1. The Kier molecular flexibility index (Phi) is 22.8. The van der Waals surface area contributed by atoms with Crippen LogP contribution in [0.25, 0.3) is 0 Å². The number of hydrogen-bond acceptors (Lipinski definition) is 5. The molecule has 0 bridgehead atoms. The Hall–Kier alpha value is -1.17. The Labute approximate surface area is 160 Å². The number of esters is 1. The Bertz CT molecular complexity index is 356. The first-order chi connectivity index (χ1) is 12.2. The molecule has 0 aliphatic rings. The maximum absolute atomic E-state index is 11.4. The lowest BCUT2D eigenvalue weighted by atomic mass is 10.1. The van der Waals surface area contributed by atoms with E-state index in [9.17, 15) is 4.79 Å². The zero-order valence-electron chi connectivity index (χ0n) is 16.7. The second-order valence-electron chi connectivity index (χ2n) is 6.50. The van der Waals surface area contributed by atoms with Gasteiger partial charge in [0.05, 0.1) is 6.61 Å². The van der Waals surface area contributed by atoms with Crippen molar-refractivity contribution < 1.29 is 19.7 Å². The zero-order chi connectivity index (χ0) is 18.6. The molecule has 5 N–H and O–H groups in total. The summed E-state index contributed by atoms with van der Waals surface area (Å²) in [4.78, 5) is 11.4. The van der Waals surface area contributed by atoms with E-state index < -0.39 is 6.10 Å². The molecule has 0 radical (unpaired) electrons. The van der Waals surface area contributed by atoms with Gasteiger partial charge in [-0.2, -0.15) is 0 Å². The van der Waals surface area contributed by atoms with Gasteiger partial charge >= 0.3 is 5.97 Å². The third kappa shape index (κ3) is 20.9. The Morgan fingerprint density at radius 2 is 1.50 bits per heavy atom. The largest absolute Gasteiger partial charge is 0.463 e. The summed E-state index contributed by atoms with van der Waals surface area (Å²) in [5.41, 5.74) is 0. The average molecular weight is 372 g/mol.